The first-order chi connectivity index (χ1) is 6.02. The first kappa shape index (κ1) is 14.7. The highest BCUT2D eigenvalue weighted by Gasteiger charge is 1.88. The first-order valence-corrected chi connectivity index (χ1v) is 4.44. The van der Waals surface area contributed by atoms with Crippen molar-refractivity contribution in [3.63, 3.8) is 0 Å². The van der Waals surface area contributed by atoms with Crippen molar-refractivity contribution < 1.29 is 0 Å². The van der Waals surface area contributed by atoms with Gasteiger partial charge in [0.1, 0.15) is 5.82 Å². The van der Waals surface area contributed by atoms with Gasteiger partial charge in [-0.25, -0.2) is 4.98 Å². The van der Waals surface area contributed by atoms with Gasteiger partial charge in [0, 0.05) is 17.7 Å². The second-order valence-electron chi connectivity index (χ2n) is 2.04. The Morgan fingerprint density at radius 1 is 1.31 bits per heavy atom. The molecule has 0 bridgehead atoms. The fraction of sp³-hybridized carbons (Fsp3) is 0.667. The molecule has 6 nitrogen and oxygen atoms in total. The third-order valence-electron chi connectivity index (χ3n) is 0.543. The zero-order valence-corrected chi connectivity index (χ0v) is 9.01. The number of anilines is 1. The Labute approximate surface area is 82.5 Å². The Bertz CT molecular complexity index is 180. The molecule has 1 rings (SSSR count). The molecule has 0 radical (unpaired) electrons. The molecule has 8 N–H and O–H groups in total. The van der Waals surface area contributed by atoms with Crippen LogP contribution in [0.3, 0.4) is 0 Å². The largest absolute Gasteiger partial charge is 0.374 e. The van der Waals surface area contributed by atoms with Crippen LogP contribution in [-0.4, -0.2) is 22.6 Å². The van der Waals surface area contributed by atoms with Crippen molar-refractivity contribution in [3.05, 3.63) is 5.82 Å². The third kappa shape index (κ3) is 14.1. The molecule has 0 atom stereocenters. The van der Waals surface area contributed by atoms with Gasteiger partial charge in [-0.2, -0.15) is 4.37 Å². The average Bonchev–Trinajstić information content (AvgIpc) is 2.38. The third-order valence-corrected chi connectivity index (χ3v) is 1.18. The van der Waals surface area contributed by atoms with Crippen LogP contribution in [0, 0.1) is 6.92 Å². The molecule has 0 aliphatic rings. The molecule has 0 aromatic carbocycles. The van der Waals surface area contributed by atoms with Crippen LogP contribution in [0.2, 0.25) is 0 Å². The van der Waals surface area contributed by atoms with Crippen LogP contribution in [0.25, 0.3) is 0 Å². The summed E-state index contributed by atoms with van der Waals surface area (Å²) in [4.78, 5) is 3.80. The van der Waals surface area contributed by atoms with Gasteiger partial charge in [0.05, 0.1) is 0 Å². The van der Waals surface area contributed by atoms with E-state index in [0.717, 1.165) is 5.82 Å². The van der Waals surface area contributed by atoms with Gasteiger partial charge in [-0.15, -0.1) is 0 Å². The summed E-state index contributed by atoms with van der Waals surface area (Å²) in [5.41, 5.74) is 19.5. The zero-order chi connectivity index (χ0) is 10.9. The molecule has 0 unspecified atom stereocenters. The van der Waals surface area contributed by atoms with Crippen LogP contribution in [0.15, 0.2) is 0 Å². The quantitative estimate of drug-likeness (QED) is 0.413. The lowest BCUT2D eigenvalue weighted by Gasteiger charge is -1.83. The molecular formula is C6H18N6S. The van der Waals surface area contributed by atoms with Crippen LogP contribution in [0.1, 0.15) is 12.7 Å². The van der Waals surface area contributed by atoms with Gasteiger partial charge in [-0.05, 0) is 20.9 Å². The molecule has 0 aliphatic carbocycles. The summed E-state index contributed by atoms with van der Waals surface area (Å²) in [5, 5.41) is 0.539. The van der Waals surface area contributed by atoms with Gasteiger partial charge in [-0.3, -0.25) is 0 Å². The van der Waals surface area contributed by atoms with Gasteiger partial charge in [0.15, 0.2) is 5.13 Å². The van der Waals surface area contributed by atoms with Crippen LogP contribution in [-0.2, 0) is 0 Å². The average molecular weight is 206 g/mol. The molecule has 0 spiro atoms. The molecule has 0 saturated carbocycles. The number of aryl methyl sites for hydroxylation is 1. The molecular weight excluding hydrogens is 188 g/mol. The molecule has 1 aromatic rings. The molecule has 0 aliphatic heterocycles. The van der Waals surface area contributed by atoms with Crippen LogP contribution < -0.4 is 22.9 Å². The van der Waals surface area contributed by atoms with Crippen molar-refractivity contribution in [2.45, 2.75) is 20.0 Å². The summed E-state index contributed by atoms with van der Waals surface area (Å²) in [6.07, 6.45) is -0.167. The second kappa shape index (κ2) is 9.33. The van der Waals surface area contributed by atoms with Gasteiger partial charge in [-0.1, -0.05) is 0 Å². The van der Waals surface area contributed by atoms with Crippen molar-refractivity contribution in [2.24, 2.45) is 17.2 Å². The molecule has 0 saturated heterocycles. The molecule has 78 valence electrons. The van der Waals surface area contributed by atoms with Crippen molar-refractivity contribution in [1.82, 2.24) is 9.36 Å². The topological polar surface area (TPSA) is 130 Å². The Balaban J connectivity index is 0. The van der Waals surface area contributed by atoms with Crippen LogP contribution >= 0.6 is 11.5 Å². The van der Waals surface area contributed by atoms with Crippen molar-refractivity contribution >= 4 is 16.7 Å². The molecule has 0 amide bonds. The maximum atomic E-state index is 5.22. The number of hydrogen-bond acceptors (Lipinski definition) is 7. The monoisotopic (exact) mass is 206 g/mol. The van der Waals surface area contributed by atoms with Gasteiger partial charge < -0.3 is 22.9 Å². The predicted molar refractivity (Wildman–Crippen MR) is 57.0 cm³/mol. The smallest absolute Gasteiger partial charge is 0.199 e. The summed E-state index contributed by atoms with van der Waals surface area (Å²) >= 11 is 1.22. The SMILES string of the molecule is CC(N)N.CN.Cc1nsc(N)n1. The van der Waals surface area contributed by atoms with E-state index in [4.69, 9.17) is 17.2 Å². The fourth-order valence-corrected chi connectivity index (χ4v) is 0.753. The zero-order valence-electron chi connectivity index (χ0n) is 8.19. The van der Waals surface area contributed by atoms with E-state index in [0.29, 0.717) is 5.13 Å². The van der Waals surface area contributed by atoms with Crippen molar-refractivity contribution in [2.75, 3.05) is 12.8 Å². The summed E-state index contributed by atoms with van der Waals surface area (Å²) in [7, 11) is 1.50. The van der Waals surface area contributed by atoms with E-state index < -0.39 is 0 Å². The maximum Gasteiger partial charge on any atom is 0.199 e. The van der Waals surface area contributed by atoms with Gasteiger partial charge in [0.2, 0.25) is 0 Å². The fourth-order valence-electron chi connectivity index (χ4n) is 0.313. The van der Waals surface area contributed by atoms with E-state index in [1.165, 1.54) is 18.6 Å². The summed E-state index contributed by atoms with van der Waals surface area (Å²) in [5.74, 6) is 0.752. The predicted octanol–water partition coefficient (Wildman–Crippen LogP) is -0.747. The number of aromatic nitrogens is 2. The van der Waals surface area contributed by atoms with Crippen LogP contribution in [0.5, 0.6) is 0 Å². The first-order valence-electron chi connectivity index (χ1n) is 3.67. The Morgan fingerprint density at radius 3 is 1.77 bits per heavy atom. The van der Waals surface area contributed by atoms with E-state index in [9.17, 15) is 0 Å². The summed E-state index contributed by atoms with van der Waals surface area (Å²) < 4.78 is 3.82. The second-order valence-corrected chi connectivity index (χ2v) is 2.82. The Hall–Kier alpha value is -0.760. The van der Waals surface area contributed by atoms with Gasteiger partial charge >= 0.3 is 0 Å². The maximum absolute atomic E-state index is 5.22. The number of nitrogens with two attached hydrogens (primary N) is 4. The number of nitrogen functional groups attached to an aromatic ring is 1. The Kier molecular flexibility index (Phi) is 10.6. The summed E-state index contributed by atoms with van der Waals surface area (Å²) in [6, 6.07) is 0. The van der Waals surface area contributed by atoms with E-state index in [-0.39, 0.29) is 6.17 Å². The summed E-state index contributed by atoms with van der Waals surface area (Å²) in [6.45, 7) is 3.53. The number of rotatable bonds is 0. The minimum atomic E-state index is -0.167. The number of hydrogen-bond donors (Lipinski definition) is 4. The standard InChI is InChI=1S/C3H5N3S.C2H8N2.CH5N/c1-2-5-3(4)7-6-2;1-2(3)4;1-2/h1H3,(H2,4,5,6);2H,3-4H2,1H3;2H2,1H3. The highest BCUT2D eigenvalue weighted by molar-refractivity contribution is 7.09. The number of nitrogens with zero attached hydrogens (tertiary/aromatic N) is 2. The minimum absolute atomic E-state index is 0.167. The highest BCUT2D eigenvalue weighted by atomic mass is 32.1. The highest BCUT2D eigenvalue weighted by Crippen LogP contribution is 2.02. The van der Waals surface area contributed by atoms with E-state index in [1.54, 1.807) is 6.92 Å². The minimum Gasteiger partial charge on any atom is -0.374 e. The van der Waals surface area contributed by atoms with E-state index in [2.05, 4.69) is 15.1 Å². The van der Waals surface area contributed by atoms with Crippen LogP contribution in [0.4, 0.5) is 5.13 Å². The normalized spacial score (nSPS) is 8.23. The molecule has 1 aromatic heterocycles. The van der Waals surface area contributed by atoms with E-state index in [1.807, 2.05) is 6.92 Å². The van der Waals surface area contributed by atoms with Crippen molar-refractivity contribution in [3.8, 4) is 0 Å². The molecule has 7 heteroatoms. The molecule has 13 heavy (non-hydrogen) atoms. The lowest BCUT2D eigenvalue weighted by molar-refractivity contribution is 0.790. The lowest BCUT2D eigenvalue weighted by Crippen LogP contribution is -2.25. The van der Waals surface area contributed by atoms with E-state index >= 15 is 0 Å². The molecule has 0 fully saturated rings. The molecule has 1 heterocycles. The lowest BCUT2D eigenvalue weighted by atomic mass is 10.7. The Morgan fingerprint density at radius 2 is 1.69 bits per heavy atom. The van der Waals surface area contributed by atoms with Crippen molar-refractivity contribution in [1.29, 1.82) is 0 Å². The van der Waals surface area contributed by atoms with Gasteiger partial charge in [0.25, 0.3) is 0 Å².